The van der Waals surface area contributed by atoms with E-state index in [0.717, 1.165) is 11.3 Å². The molecule has 1 aromatic heterocycles. The van der Waals surface area contributed by atoms with E-state index in [0.29, 0.717) is 24.2 Å². The minimum atomic E-state index is -0.260. The molecule has 0 spiro atoms. The number of anilines is 1. The average Bonchev–Trinajstić information content (AvgIpc) is 2.74. The standard InChI is InChI=1S/C22H21N3O2/c1-2-25(20-11-7-4-8-12-20)22(27)19-13-18(15-23-16-19)21(26)24-14-17-9-5-3-6-10-17/h3-13,15-16H,2,14H2,1H3,(H,24,26). The molecule has 0 saturated heterocycles. The van der Waals surface area contributed by atoms with Gasteiger partial charge in [0.2, 0.25) is 0 Å². The van der Waals surface area contributed by atoms with Crippen molar-refractivity contribution in [2.24, 2.45) is 0 Å². The second kappa shape index (κ2) is 8.76. The van der Waals surface area contributed by atoms with Gasteiger partial charge in [0.1, 0.15) is 0 Å². The molecule has 136 valence electrons. The van der Waals surface area contributed by atoms with Crippen molar-refractivity contribution in [2.45, 2.75) is 13.5 Å². The number of carbonyl (C=O) groups excluding carboxylic acids is 2. The summed E-state index contributed by atoms with van der Waals surface area (Å²) in [4.78, 5) is 31.1. The van der Waals surface area contributed by atoms with Crippen LogP contribution in [0.3, 0.4) is 0 Å². The number of amides is 2. The number of nitrogens with one attached hydrogen (secondary N) is 1. The van der Waals surface area contributed by atoms with E-state index in [1.165, 1.54) is 12.4 Å². The molecular weight excluding hydrogens is 338 g/mol. The van der Waals surface area contributed by atoms with Gasteiger partial charge >= 0.3 is 0 Å². The van der Waals surface area contributed by atoms with Crippen LogP contribution in [-0.2, 0) is 6.54 Å². The normalized spacial score (nSPS) is 10.3. The van der Waals surface area contributed by atoms with Crippen LogP contribution in [0.5, 0.6) is 0 Å². The van der Waals surface area contributed by atoms with Crippen molar-refractivity contribution >= 4 is 17.5 Å². The van der Waals surface area contributed by atoms with Gasteiger partial charge in [0.15, 0.2) is 0 Å². The molecule has 5 nitrogen and oxygen atoms in total. The summed E-state index contributed by atoms with van der Waals surface area (Å²) in [5.74, 6) is -0.447. The van der Waals surface area contributed by atoms with Gasteiger partial charge in [0.25, 0.3) is 11.8 Å². The molecular formula is C22H21N3O2. The van der Waals surface area contributed by atoms with Gasteiger partial charge in [-0.05, 0) is 30.7 Å². The Morgan fingerprint density at radius 3 is 2.22 bits per heavy atom. The smallest absolute Gasteiger partial charge is 0.259 e. The number of carbonyl (C=O) groups is 2. The fourth-order valence-corrected chi connectivity index (χ4v) is 2.77. The highest BCUT2D eigenvalue weighted by Crippen LogP contribution is 2.17. The largest absolute Gasteiger partial charge is 0.348 e. The lowest BCUT2D eigenvalue weighted by Gasteiger charge is -2.21. The lowest BCUT2D eigenvalue weighted by atomic mass is 10.1. The predicted octanol–water partition coefficient (Wildman–Crippen LogP) is 3.68. The first-order chi connectivity index (χ1) is 13.2. The van der Waals surface area contributed by atoms with Gasteiger partial charge in [-0.2, -0.15) is 0 Å². The molecule has 5 heteroatoms. The van der Waals surface area contributed by atoms with E-state index in [9.17, 15) is 9.59 Å². The first-order valence-corrected chi connectivity index (χ1v) is 8.83. The number of rotatable bonds is 6. The molecule has 0 saturated carbocycles. The Balaban J connectivity index is 1.74. The van der Waals surface area contributed by atoms with Crippen molar-refractivity contribution < 1.29 is 9.59 Å². The third-order valence-corrected chi connectivity index (χ3v) is 4.17. The topological polar surface area (TPSA) is 62.3 Å². The van der Waals surface area contributed by atoms with Crippen LogP contribution < -0.4 is 10.2 Å². The molecule has 0 aliphatic heterocycles. The summed E-state index contributed by atoms with van der Waals surface area (Å²) in [6, 6.07) is 20.7. The molecule has 0 fully saturated rings. The van der Waals surface area contributed by atoms with Crippen LogP contribution in [0.25, 0.3) is 0 Å². The van der Waals surface area contributed by atoms with Gasteiger partial charge in [-0.25, -0.2) is 0 Å². The van der Waals surface area contributed by atoms with Crippen molar-refractivity contribution in [3.05, 3.63) is 95.8 Å². The fraction of sp³-hybridized carbons (Fsp3) is 0.136. The number of aromatic nitrogens is 1. The second-order valence-corrected chi connectivity index (χ2v) is 6.02. The monoisotopic (exact) mass is 359 g/mol. The van der Waals surface area contributed by atoms with Crippen LogP contribution in [0.2, 0.25) is 0 Å². The van der Waals surface area contributed by atoms with Gasteiger partial charge in [0.05, 0.1) is 11.1 Å². The third kappa shape index (κ3) is 4.58. The number of para-hydroxylation sites is 1. The van der Waals surface area contributed by atoms with E-state index in [4.69, 9.17) is 0 Å². The van der Waals surface area contributed by atoms with Gasteiger partial charge in [-0.1, -0.05) is 48.5 Å². The zero-order valence-corrected chi connectivity index (χ0v) is 15.1. The average molecular weight is 359 g/mol. The van der Waals surface area contributed by atoms with Crippen LogP contribution in [0, 0.1) is 0 Å². The number of hydrogen-bond donors (Lipinski definition) is 1. The SMILES string of the molecule is CCN(C(=O)c1cncc(C(=O)NCc2ccccc2)c1)c1ccccc1. The second-order valence-electron chi connectivity index (χ2n) is 6.02. The molecule has 0 aliphatic rings. The maximum atomic E-state index is 12.9. The number of hydrogen-bond acceptors (Lipinski definition) is 3. The summed E-state index contributed by atoms with van der Waals surface area (Å²) in [7, 11) is 0. The quantitative estimate of drug-likeness (QED) is 0.730. The minimum absolute atomic E-state index is 0.186. The number of pyridine rings is 1. The van der Waals surface area contributed by atoms with Crippen LogP contribution >= 0.6 is 0 Å². The highest BCUT2D eigenvalue weighted by atomic mass is 16.2. The Morgan fingerprint density at radius 1 is 0.926 bits per heavy atom. The van der Waals surface area contributed by atoms with E-state index in [1.807, 2.05) is 67.6 Å². The van der Waals surface area contributed by atoms with E-state index in [1.54, 1.807) is 11.0 Å². The Bertz CT molecular complexity index is 911. The van der Waals surface area contributed by atoms with Gasteiger partial charge in [-0.15, -0.1) is 0 Å². The van der Waals surface area contributed by atoms with Crippen molar-refractivity contribution in [3.8, 4) is 0 Å². The molecule has 0 aliphatic carbocycles. The van der Waals surface area contributed by atoms with E-state index < -0.39 is 0 Å². The van der Waals surface area contributed by atoms with Gasteiger partial charge < -0.3 is 10.2 Å². The van der Waals surface area contributed by atoms with Crippen molar-refractivity contribution in [3.63, 3.8) is 0 Å². The van der Waals surface area contributed by atoms with Crippen LogP contribution in [0.4, 0.5) is 5.69 Å². The predicted molar refractivity (Wildman–Crippen MR) is 106 cm³/mol. The maximum absolute atomic E-state index is 12.9. The highest BCUT2D eigenvalue weighted by molar-refractivity contribution is 6.07. The van der Waals surface area contributed by atoms with Crippen LogP contribution in [-0.4, -0.2) is 23.3 Å². The van der Waals surface area contributed by atoms with Crippen LogP contribution in [0.15, 0.2) is 79.1 Å². The molecule has 3 aromatic rings. The van der Waals surface area contributed by atoms with Crippen molar-refractivity contribution in [1.29, 1.82) is 0 Å². The molecule has 3 rings (SSSR count). The van der Waals surface area contributed by atoms with Crippen molar-refractivity contribution in [1.82, 2.24) is 10.3 Å². The minimum Gasteiger partial charge on any atom is -0.348 e. The van der Waals surface area contributed by atoms with E-state index in [-0.39, 0.29) is 11.8 Å². The number of nitrogens with zero attached hydrogens (tertiary/aromatic N) is 2. The zero-order chi connectivity index (χ0) is 19.1. The highest BCUT2D eigenvalue weighted by Gasteiger charge is 2.18. The number of benzene rings is 2. The molecule has 27 heavy (non-hydrogen) atoms. The Kier molecular flexibility index (Phi) is 5.94. The molecule has 2 amide bonds. The molecule has 0 atom stereocenters. The Morgan fingerprint density at radius 2 is 1.56 bits per heavy atom. The molecule has 1 heterocycles. The van der Waals surface area contributed by atoms with E-state index in [2.05, 4.69) is 10.3 Å². The Labute approximate surface area is 158 Å². The first kappa shape index (κ1) is 18.3. The molecule has 2 aromatic carbocycles. The third-order valence-electron chi connectivity index (χ3n) is 4.17. The molecule has 0 radical (unpaired) electrons. The summed E-state index contributed by atoms with van der Waals surface area (Å²) < 4.78 is 0. The molecule has 0 unspecified atom stereocenters. The van der Waals surface area contributed by atoms with Gasteiger partial charge in [-0.3, -0.25) is 14.6 Å². The summed E-state index contributed by atoms with van der Waals surface area (Å²) >= 11 is 0. The summed E-state index contributed by atoms with van der Waals surface area (Å²) in [5, 5.41) is 2.85. The van der Waals surface area contributed by atoms with Crippen molar-refractivity contribution in [2.75, 3.05) is 11.4 Å². The Hall–Kier alpha value is -3.47. The first-order valence-electron chi connectivity index (χ1n) is 8.83. The summed E-state index contributed by atoms with van der Waals surface area (Å²) in [5.41, 5.74) is 2.56. The lowest BCUT2D eigenvalue weighted by Crippen LogP contribution is -2.31. The summed E-state index contributed by atoms with van der Waals surface area (Å²) in [6.45, 7) is 2.85. The lowest BCUT2D eigenvalue weighted by molar-refractivity contribution is 0.0950. The van der Waals surface area contributed by atoms with Crippen LogP contribution in [0.1, 0.15) is 33.2 Å². The maximum Gasteiger partial charge on any atom is 0.259 e. The fourth-order valence-electron chi connectivity index (χ4n) is 2.77. The molecule has 1 N–H and O–H groups in total. The summed E-state index contributed by atoms with van der Waals surface area (Å²) in [6.07, 6.45) is 2.96. The molecule has 0 bridgehead atoms. The van der Waals surface area contributed by atoms with Gasteiger partial charge in [0, 0.05) is 31.2 Å². The zero-order valence-electron chi connectivity index (χ0n) is 15.1. The van der Waals surface area contributed by atoms with E-state index >= 15 is 0 Å².